The predicted octanol–water partition coefficient (Wildman–Crippen LogP) is 6.33. The molecule has 0 heterocycles. The number of aryl methyl sites for hydroxylation is 1. The molecule has 35 heavy (non-hydrogen) atoms. The summed E-state index contributed by atoms with van der Waals surface area (Å²) in [5, 5.41) is 8.74. The Hall–Kier alpha value is -3.71. The zero-order valence-corrected chi connectivity index (χ0v) is 20.9. The van der Waals surface area contributed by atoms with Crippen molar-refractivity contribution in [1.82, 2.24) is 5.32 Å². The van der Waals surface area contributed by atoms with Crippen LogP contribution in [-0.2, 0) is 0 Å². The van der Waals surface area contributed by atoms with E-state index in [1.54, 1.807) is 48.5 Å². The molecule has 182 valence electrons. The molecule has 0 atom stereocenters. The monoisotopic (exact) mass is 489 g/mol. The number of ether oxygens (including phenoxy) is 1. The number of para-hydroxylation sites is 1. The molecule has 0 bridgehead atoms. The van der Waals surface area contributed by atoms with Crippen LogP contribution in [0.2, 0.25) is 0 Å². The smallest absolute Gasteiger partial charge is 0.261 e. The van der Waals surface area contributed by atoms with Crippen molar-refractivity contribution in [1.29, 1.82) is 0 Å². The number of hydrogen-bond donors (Lipinski definition) is 3. The van der Waals surface area contributed by atoms with Crippen molar-refractivity contribution < 1.29 is 14.3 Å². The summed E-state index contributed by atoms with van der Waals surface area (Å²) in [6, 6.07) is 21.6. The third-order valence-corrected chi connectivity index (χ3v) is 5.50. The molecule has 0 aliphatic heterocycles. The first-order valence-corrected chi connectivity index (χ1v) is 12.2. The second kappa shape index (κ2) is 13.2. The Balaban J connectivity index is 1.52. The molecule has 0 aliphatic carbocycles. The third-order valence-electron chi connectivity index (χ3n) is 5.30. The average molecular weight is 490 g/mol. The molecule has 3 N–H and O–H groups in total. The lowest BCUT2D eigenvalue weighted by Gasteiger charge is -2.13. The van der Waals surface area contributed by atoms with Gasteiger partial charge in [-0.15, -0.1) is 0 Å². The second-order valence-electron chi connectivity index (χ2n) is 8.21. The quantitative estimate of drug-likeness (QED) is 0.229. The van der Waals surface area contributed by atoms with E-state index in [9.17, 15) is 9.59 Å². The summed E-state index contributed by atoms with van der Waals surface area (Å²) in [6.45, 7) is 4.68. The Morgan fingerprint density at radius 3 is 2.26 bits per heavy atom. The zero-order chi connectivity index (χ0) is 25.0. The van der Waals surface area contributed by atoms with Crippen LogP contribution in [0.1, 0.15) is 58.9 Å². The Bertz CT molecular complexity index is 1160. The van der Waals surface area contributed by atoms with Gasteiger partial charge in [-0.1, -0.05) is 56.0 Å². The van der Waals surface area contributed by atoms with Gasteiger partial charge in [-0.3, -0.25) is 14.9 Å². The minimum absolute atomic E-state index is 0.171. The fourth-order valence-corrected chi connectivity index (χ4v) is 3.66. The van der Waals surface area contributed by atoms with Crippen LogP contribution in [0.3, 0.4) is 0 Å². The summed E-state index contributed by atoms with van der Waals surface area (Å²) >= 11 is 5.32. The Kier molecular flexibility index (Phi) is 9.80. The van der Waals surface area contributed by atoms with Crippen molar-refractivity contribution in [2.24, 2.45) is 0 Å². The summed E-state index contributed by atoms with van der Waals surface area (Å²) < 4.78 is 5.83. The van der Waals surface area contributed by atoms with Crippen LogP contribution in [0.4, 0.5) is 11.4 Å². The molecule has 3 aromatic rings. The first kappa shape index (κ1) is 25.9. The first-order chi connectivity index (χ1) is 17.0. The van der Waals surface area contributed by atoms with Crippen molar-refractivity contribution in [3.8, 4) is 5.75 Å². The first-order valence-electron chi connectivity index (χ1n) is 11.8. The van der Waals surface area contributed by atoms with Gasteiger partial charge in [-0.05, 0) is 74.1 Å². The summed E-state index contributed by atoms with van der Waals surface area (Å²) in [6.07, 6.45) is 4.39. The maximum Gasteiger partial charge on any atom is 0.261 e. The molecule has 0 spiro atoms. The van der Waals surface area contributed by atoms with Crippen molar-refractivity contribution in [3.05, 3.63) is 89.5 Å². The molecule has 0 fully saturated rings. The summed E-state index contributed by atoms with van der Waals surface area (Å²) in [5.74, 6) is 0.0233. The molecular weight excluding hydrogens is 458 g/mol. The molecule has 0 radical (unpaired) electrons. The van der Waals surface area contributed by atoms with Crippen LogP contribution < -0.4 is 20.7 Å². The third kappa shape index (κ3) is 8.22. The molecule has 0 saturated carbocycles. The fraction of sp³-hybridized carbons (Fsp3) is 0.250. The maximum atomic E-state index is 12.8. The topological polar surface area (TPSA) is 79.5 Å². The number of hydrogen-bond acceptors (Lipinski definition) is 4. The minimum atomic E-state index is -0.339. The molecule has 2 amide bonds. The van der Waals surface area contributed by atoms with E-state index < -0.39 is 0 Å². The normalized spacial score (nSPS) is 10.3. The van der Waals surface area contributed by atoms with E-state index in [0.717, 1.165) is 24.8 Å². The predicted molar refractivity (Wildman–Crippen MR) is 145 cm³/mol. The molecule has 3 aromatic carbocycles. The minimum Gasteiger partial charge on any atom is -0.493 e. The number of unbranched alkanes of at least 4 members (excludes halogenated alkanes) is 3. The molecule has 6 nitrogen and oxygen atoms in total. The van der Waals surface area contributed by atoms with E-state index in [2.05, 4.69) is 22.9 Å². The zero-order valence-electron chi connectivity index (χ0n) is 20.1. The number of benzene rings is 3. The Labute approximate surface area is 212 Å². The van der Waals surface area contributed by atoms with E-state index in [1.165, 1.54) is 6.42 Å². The van der Waals surface area contributed by atoms with Gasteiger partial charge in [0.15, 0.2) is 5.11 Å². The number of carbonyl (C=O) groups excluding carboxylic acids is 2. The molecule has 3 rings (SSSR count). The maximum absolute atomic E-state index is 12.8. The number of thiocarbonyl (C=S) groups is 1. The number of anilines is 2. The van der Waals surface area contributed by atoms with Gasteiger partial charge in [-0.25, -0.2) is 0 Å². The molecule has 0 saturated heterocycles. The van der Waals surface area contributed by atoms with Crippen molar-refractivity contribution >= 4 is 40.5 Å². The van der Waals surface area contributed by atoms with Crippen LogP contribution in [0, 0.1) is 6.92 Å². The van der Waals surface area contributed by atoms with E-state index in [1.807, 2.05) is 31.2 Å². The van der Waals surface area contributed by atoms with Gasteiger partial charge in [0.2, 0.25) is 0 Å². The highest BCUT2D eigenvalue weighted by Gasteiger charge is 2.14. The number of nitrogens with one attached hydrogen (secondary N) is 3. The van der Waals surface area contributed by atoms with Crippen molar-refractivity contribution in [2.45, 2.75) is 39.5 Å². The fourth-order valence-electron chi connectivity index (χ4n) is 3.45. The van der Waals surface area contributed by atoms with Gasteiger partial charge in [0, 0.05) is 16.9 Å². The molecule has 0 aromatic heterocycles. The molecular formula is C28H31N3O3S. The van der Waals surface area contributed by atoms with Crippen LogP contribution in [0.5, 0.6) is 5.75 Å². The van der Waals surface area contributed by atoms with Crippen LogP contribution in [0.15, 0.2) is 72.8 Å². The second-order valence-corrected chi connectivity index (χ2v) is 8.62. The van der Waals surface area contributed by atoms with E-state index in [4.69, 9.17) is 17.0 Å². The van der Waals surface area contributed by atoms with Gasteiger partial charge in [0.25, 0.3) is 11.8 Å². The Morgan fingerprint density at radius 1 is 0.829 bits per heavy atom. The highest BCUT2D eigenvalue weighted by atomic mass is 32.1. The van der Waals surface area contributed by atoms with Crippen molar-refractivity contribution in [3.63, 3.8) is 0 Å². The SMILES string of the molecule is CCCCCCOc1ccccc1C(=O)NC(=S)Nc1ccc(NC(=O)c2cccc(C)c2)cc1. The summed E-state index contributed by atoms with van der Waals surface area (Å²) in [4.78, 5) is 25.2. The van der Waals surface area contributed by atoms with Gasteiger partial charge in [-0.2, -0.15) is 0 Å². The summed E-state index contributed by atoms with van der Waals surface area (Å²) in [7, 11) is 0. The summed E-state index contributed by atoms with van der Waals surface area (Å²) in [5.41, 5.74) is 3.39. The standard InChI is InChI=1S/C28H31N3O3S/c1-3-4-5-8-18-34-25-13-7-6-12-24(25)27(33)31-28(35)30-23-16-14-22(15-17-23)29-26(32)21-11-9-10-20(2)19-21/h6-7,9-17,19H,3-5,8,18H2,1-2H3,(H,29,32)(H2,30,31,33,35). The number of carbonyl (C=O) groups is 2. The lowest BCUT2D eigenvalue weighted by atomic mass is 10.1. The highest BCUT2D eigenvalue weighted by molar-refractivity contribution is 7.80. The number of amides is 2. The van der Waals surface area contributed by atoms with Crippen LogP contribution in [0.25, 0.3) is 0 Å². The van der Waals surface area contributed by atoms with Crippen molar-refractivity contribution in [2.75, 3.05) is 17.2 Å². The van der Waals surface area contributed by atoms with E-state index in [0.29, 0.717) is 34.9 Å². The van der Waals surface area contributed by atoms with E-state index in [-0.39, 0.29) is 16.9 Å². The van der Waals surface area contributed by atoms with E-state index >= 15 is 0 Å². The van der Waals surface area contributed by atoms with Gasteiger partial charge in [0.1, 0.15) is 5.75 Å². The highest BCUT2D eigenvalue weighted by Crippen LogP contribution is 2.19. The lowest BCUT2D eigenvalue weighted by Crippen LogP contribution is -2.34. The molecule has 0 aliphatic rings. The van der Waals surface area contributed by atoms with Crippen LogP contribution >= 0.6 is 12.2 Å². The van der Waals surface area contributed by atoms with Crippen LogP contribution in [-0.4, -0.2) is 23.5 Å². The van der Waals surface area contributed by atoms with Gasteiger partial charge >= 0.3 is 0 Å². The molecule has 0 unspecified atom stereocenters. The average Bonchev–Trinajstić information content (AvgIpc) is 2.85. The molecule has 7 heteroatoms. The van der Waals surface area contributed by atoms with Gasteiger partial charge in [0.05, 0.1) is 12.2 Å². The Morgan fingerprint density at radius 2 is 1.54 bits per heavy atom. The van der Waals surface area contributed by atoms with Gasteiger partial charge < -0.3 is 15.4 Å². The largest absolute Gasteiger partial charge is 0.493 e. The lowest BCUT2D eigenvalue weighted by molar-refractivity contribution is 0.0972. The number of rotatable bonds is 10.